The number of benzene rings is 2. The van der Waals surface area contributed by atoms with E-state index in [1.807, 2.05) is 42.5 Å². The van der Waals surface area contributed by atoms with Crippen LogP contribution < -0.4 is 10.1 Å². The van der Waals surface area contributed by atoms with Crippen molar-refractivity contribution >= 4 is 11.6 Å². The zero-order chi connectivity index (χ0) is 16.1. The molecule has 23 heavy (non-hydrogen) atoms. The van der Waals surface area contributed by atoms with Crippen molar-refractivity contribution in [3.8, 4) is 17.1 Å². The van der Waals surface area contributed by atoms with Crippen LogP contribution in [0.25, 0.3) is 11.4 Å². The number of amides is 1. The molecule has 6 nitrogen and oxygen atoms in total. The van der Waals surface area contributed by atoms with Crippen molar-refractivity contribution in [1.29, 1.82) is 0 Å². The van der Waals surface area contributed by atoms with Gasteiger partial charge in [0, 0.05) is 18.2 Å². The van der Waals surface area contributed by atoms with Crippen molar-refractivity contribution < 1.29 is 14.1 Å². The van der Waals surface area contributed by atoms with Crippen molar-refractivity contribution in [2.45, 2.75) is 6.92 Å². The number of para-hydroxylation sites is 1. The van der Waals surface area contributed by atoms with Crippen molar-refractivity contribution in [1.82, 2.24) is 10.1 Å². The van der Waals surface area contributed by atoms with Gasteiger partial charge in [0.2, 0.25) is 11.7 Å². The summed E-state index contributed by atoms with van der Waals surface area (Å²) in [5.74, 6) is 1.32. The first-order valence-electron chi connectivity index (χ1n) is 7.09. The molecule has 0 aliphatic rings. The molecule has 0 spiro atoms. The minimum absolute atomic E-state index is 0.0797. The quantitative estimate of drug-likeness (QED) is 0.783. The van der Waals surface area contributed by atoms with Gasteiger partial charge in [-0.2, -0.15) is 4.98 Å². The van der Waals surface area contributed by atoms with E-state index >= 15 is 0 Å². The zero-order valence-corrected chi connectivity index (χ0v) is 12.5. The van der Waals surface area contributed by atoms with E-state index in [4.69, 9.17) is 9.26 Å². The minimum Gasteiger partial charge on any atom is -0.484 e. The van der Waals surface area contributed by atoms with Crippen LogP contribution in [-0.2, 0) is 4.79 Å². The fourth-order valence-electron chi connectivity index (χ4n) is 2.01. The van der Waals surface area contributed by atoms with E-state index in [0.29, 0.717) is 17.5 Å². The van der Waals surface area contributed by atoms with E-state index in [1.54, 1.807) is 19.1 Å². The molecule has 1 N–H and O–H groups in total. The van der Waals surface area contributed by atoms with Crippen molar-refractivity contribution in [2.75, 3.05) is 11.9 Å². The number of aryl methyl sites for hydroxylation is 1. The Morgan fingerprint density at radius 2 is 2.00 bits per heavy atom. The van der Waals surface area contributed by atoms with Gasteiger partial charge in [0.1, 0.15) is 5.75 Å². The van der Waals surface area contributed by atoms with Gasteiger partial charge in [-0.05, 0) is 24.3 Å². The summed E-state index contributed by atoms with van der Waals surface area (Å²) in [5.41, 5.74) is 1.50. The molecule has 1 amide bonds. The van der Waals surface area contributed by atoms with Crippen LogP contribution in [-0.4, -0.2) is 22.7 Å². The number of aromatic nitrogens is 2. The lowest BCUT2D eigenvalue weighted by Gasteiger charge is -2.08. The standard InChI is InChI=1S/C17H15N3O3/c1-12-18-17(20-23-12)13-6-5-9-15(10-13)22-11-16(21)19-14-7-3-2-4-8-14/h2-10H,11H2,1H3,(H,19,21). The average molecular weight is 309 g/mol. The molecule has 0 aliphatic carbocycles. The van der Waals surface area contributed by atoms with Gasteiger partial charge in [0.05, 0.1) is 0 Å². The molecule has 0 unspecified atom stereocenters. The number of hydrogen-bond acceptors (Lipinski definition) is 5. The molecular formula is C17H15N3O3. The monoisotopic (exact) mass is 309 g/mol. The first-order valence-corrected chi connectivity index (χ1v) is 7.09. The van der Waals surface area contributed by atoms with Crippen LogP contribution in [0, 0.1) is 6.92 Å². The molecule has 0 aliphatic heterocycles. The van der Waals surface area contributed by atoms with Gasteiger partial charge in [-0.1, -0.05) is 35.5 Å². The smallest absolute Gasteiger partial charge is 0.262 e. The van der Waals surface area contributed by atoms with E-state index in [1.165, 1.54) is 0 Å². The first kappa shape index (κ1) is 14.8. The molecule has 2 aromatic carbocycles. The van der Waals surface area contributed by atoms with Gasteiger partial charge >= 0.3 is 0 Å². The van der Waals surface area contributed by atoms with Gasteiger partial charge in [-0.15, -0.1) is 0 Å². The molecule has 0 atom stereocenters. The number of anilines is 1. The van der Waals surface area contributed by atoms with Crippen LogP contribution in [0.15, 0.2) is 59.1 Å². The maximum atomic E-state index is 11.9. The maximum absolute atomic E-state index is 11.9. The number of rotatable bonds is 5. The lowest BCUT2D eigenvalue weighted by atomic mass is 10.2. The van der Waals surface area contributed by atoms with E-state index in [2.05, 4.69) is 15.5 Å². The SMILES string of the molecule is Cc1nc(-c2cccc(OCC(=O)Nc3ccccc3)c2)no1. The summed E-state index contributed by atoms with van der Waals surface area (Å²) in [7, 11) is 0. The molecule has 0 saturated carbocycles. The fraction of sp³-hybridized carbons (Fsp3) is 0.118. The van der Waals surface area contributed by atoms with Gasteiger partial charge in [-0.25, -0.2) is 0 Å². The highest BCUT2D eigenvalue weighted by atomic mass is 16.5. The lowest BCUT2D eigenvalue weighted by Crippen LogP contribution is -2.20. The lowest BCUT2D eigenvalue weighted by molar-refractivity contribution is -0.118. The third-order valence-electron chi connectivity index (χ3n) is 3.05. The highest BCUT2D eigenvalue weighted by Gasteiger charge is 2.08. The Labute approximate surface area is 133 Å². The molecule has 0 radical (unpaired) electrons. The number of carbonyl (C=O) groups excluding carboxylic acids is 1. The number of hydrogen-bond donors (Lipinski definition) is 1. The summed E-state index contributed by atoms with van der Waals surface area (Å²) in [5, 5.41) is 6.62. The second-order valence-corrected chi connectivity index (χ2v) is 4.87. The number of nitrogens with one attached hydrogen (secondary N) is 1. The largest absolute Gasteiger partial charge is 0.484 e. The Bertz CT molecular complexity index is 800. The summed E-state index contributed by atoms with van der Waals surface area (Å²) >= 11 is 0. The highest BCUT2D eigenvalue weighted by molar-refractivity contribution is 5.91. The third kappa shape index (κ3) is 3.94. The Morgan fingerprint density at radius 3 is 2.74 bits per heavy atom. The van der Waals surface area contributed by atoms with Crippen molar-refractivity contribution in [3.63, 3.8) is 0 Å². The van der Waals surface area contributed by atoms with Gasteiger partial charge in [0.15, 0.2) is 6.61 Å². The van der Waals surface area contributed by atoms with Crippen molar-refractivity contribution in [3.05, 3.63) is 60.5 Å². The van der Waals surface area contributed by atoms with E-state index in [0.717, 1.165) is 11.3 Å². The van der Waals surface area contributed by atoms with Crippen LogP contribution in [0.3, 0.4) is 0 Å². The number of carbonyl (C=O) groups is 1. The summed E-state index contributed by atoms with van der Waals surface area (Å²) in [4.78, 5) is 16.0. The van der Waals surface area contributed by atoms with E-state index in [-0.39, 0.29) is 12.5 Å². The second kappa shape index (κ2) is 6.74. The highest BCUT2D eigenvalue weighted by Crippen LogP contribution is 2.21. The summed E-state index contributed by atoms with van der Waals surface area (Å²) < 4.78 is 10.5. The molecule has 1 heterocycles. The third-order valence-corrected chi connectivity index (χ3v) is 3.05. The Morgan fingerprint density at radius 1 is 1.17 bits per heavy atom. The molecule has 0 bridgehead atoms. The molecule has 6 heteroatoms. The van der Waals surface area contributed by atoms with Crippen LogP contribution in [0.4, 0.5) is 5.69 Å². The summed E-state index contributed by atoms with van der Waals surface area (Å²) in [6.07, 6.45) is 0. The molecule has 0 fully saturated rings. The van der Waals surface area contributed by atoms with Crippen LogP contribution in [0.1, 0.15) is 5.89 Å². The Balaban J connectivity index is 1.61. The van der Waals surface area contributed by atoms with E-state index in [9.17, 15) is 4.79 Å². The topological polar surface area (TPSA) is 77.2 Å². The number of nitrogens with zero attached hydrogens (tertiary/aromatic N) is 2. The predicted octanol–water partition coefficient (Wildman–Crippen LogP) is 3.06. The van der Waals surface area contributed by atoms with Crippen LogP contribution in [0.5, 0.6) is 5.75 Å². The normalized spacial score (nSPS) is 10.3. The predicted molar refractivity (Wildman–Crippen MR) is 85.0 cm³/mol. The number of ether oxygens (including phenoxy) is 1. The van der Waals surface area contributed by atoms with Crippen LogP contribution >= 0.6 is 0 Å². The van der Waals surface area contributed by atoms with Gasteiger partial charge in [-0.3, -0.25) is 4.79 Å². The molecule has 3 aromatic rings. The Kier molecular flexibility index (Phi) is 4.33. The molecular weight excluding hydrogens is 294 g/mol. The Hall–Kier alpha value is -3.15. The maximum Gasteiger partial charge on any atom is 0.262 e. The zero-order valence-electron chi connectivity index (χ0n) is 12.5. The average Bonchev–Trinajstić information content (AvgIpc) is 3.01. The minimum atomic E-state index is -0.225. The summed E-state index contributed by atoms with van der Waals surface area (Å²) in [6.45, 7) is 1.65. The van der Waals surface area contributed by atoms with Gasteiger partial charge < -0.3 is 14.6 Å². The van der Waals surface area contributed by atoms with Crippen molar-refractivity contribution in [2.24, 2.45) is 0 Å². The van der Waals surface area contributed by atoms with E-state index < -0.39 is 0 Å². The molecule has 3 rings (SSSR count). The first-order chi connectivity index (χ1) is 11.2. The molecule has 0 saturated heterocycles. The molecule has 116 valence electrons. The summed E-state index contributed by atoms with van der Waals surface area (Å²) in [6, 6.07) is 16.4. The second-order valence-electron chi connectivity index (χ2n) is 4.87. The van der Waals surface area contributed by atoms with Crippen LogP contribution in [0.2, 0.25) is 0 Å². The van der Waals surface area contributed by atoms with Gasteiger partial charge in [0.25, 0.3) is 5.91 Å². The fourth-order valence-corrected chi connectivity index (χ4v) is 2.01. The molecule has 1 aromatic heterocycles.